The quantitative estimate of drug-likeness (QED) is 0.516. The fourth-order valence-electron chi connectivity index (χ4n) is 2.47. The Morgan fingerprint density at radius 2 is 1.59 bits per heavy atom. The Bertz CT molecular complexity index is 922. The van der Waals surface area contributed by atoms with Crippen molar-refractivity contribution in [1.82, 2.24) is 5.43 Å². The van der Waals surface area contributed by atoms with Gasteiger partial charge in [0.15, 0.2) is 6.10 Å². The van der Waals surface area contributed by atoms with Gasteiger partial charge in [-0.3, -0.25) is 4.79 Å². The molecule has 0 fully saturated rings. The number of nitrogens with zero attached hydrogens (tertiary/aromatic N) is 1. The molecule has 27 heavy (non-hydrogen) atoms. The summed E-state index contributed by atoms with van der Waals surface area (Å²) in [4.78, 5) is 12.1. The van der Waals surface area contributed by atoms with E-state index in [0.717, 1.165) is 11.1 Å². The second-order valence-corrected chi connectivity index (χ2v) is 5.94. The van der Waals surface area contributed by atoms with Crippen LogP contribution in [0.4, 0.5) is 0 Å². The molecule has 3 aromatic carbocycles. The second kappa shape index (κ2) is 8.67. The van der Waals surface area contributed by atoms with E-state index in [1.807, 2.05) is 54.6 Å². The molecule has 3 aromatic rings. The Labute approximate surface area is 157 Å². The van der Waals surface area contributed by atoms with Gasteiger partial charge in [0.25, 0.3) is 5.91 Å². The van der Waals surface area contributed by atoms with E-state index < -0.39 is 6.10 Å². The summed E-state index contributed by atoms with van der Waals surface area (Å²) in [6.45, 7) is 1.65. The molecule has 0 radical (unpaired) electrons. The monoisotopic (exact) mass is 360 g/mol. The molecule has 0 aliphatic rings. The molecule has 0 saturated carbocycles. The number of hydrogen-bond acceptors (Lipinski definition) is 4. The highest BCUT2D eigenvalue weighted by molar-refractivity contribution is 5.86. The van der Waals surface area contributed by atoms with Gasteiger partial charge in [0.2, 0.25) is 0 Å². The van der Waals surface area contributed by atoms with Gasteiger partial charge in [0.1, 0.15) is 11.5 Å². The van der Waals surface area contributed by atoms with Crippen molar-refractivity contribution < 1.29 is 14.6 Å². The molecule has 1 unspecified atom stereocenters. The molecule has 1 amide bonds. The fourth-order valence-corrected chi connectivity index (χ4v) is 2.47. The van der Waals surface area contributed by atoms with Crippen LogP contribution in [0.5, 0.6) is 11.5 Å². The maximum Gasteiger partial charge on any atom is 0.280 e. The minimum absolute atomic E-state index is 0.0957. The Kier molecular flexibility index (Phi) is 5.84. The molecule has 5 nitrogen and oxygen atoms in total. The second-order valence-electron chi connectivity index (χ2n) is 5.94. The van der Waals surface area contributed by atoms with Crippen molar-refractivity contribution in [3.8, 4) is 22.6 Å². The molecular weight excluding hydrogens is 340 g/mol. The van der Waals surface area contributed by atoms with Gasteiger partial charge in [-0.05, 0) is 42.3 Å². The first-order valence-corrected chi connectivity index (χ1v) is 8.56. The number of rotatable bonds is 6. The van der Waals surface area contributed by atoms with E-state index in [1.54, 1.807) is 31.2 Å². The van der Waals surface area contributed by atoms with Crippen LogP contribution in [0.25, 0.3) is 11.1 Å². The number of hydrogen-bond donors (Lipinski definition) is 2. The zero-order valence-corrected chi connectivity index (χ0v) is 14.9. The molecule has 1 atom stereocenters. The number of nitrogens with one attached hydrogen (secondary N) is 1. The standard InChI is InChI=1S/C22H20N2O3/c1-16(22(26)24-23-15-19-9-5-6-10-21(19)25)27-20-13-11-18(12-14-20)17-7-3-2-4-8-17/h2-16,25H,1H3,(H,24,26)/b23-15+. The summed E-state index contributed by atoms with van der Waals surface area (Å²) < 4.78 is 5.66. The Hall–Kier alpha value is -3.60. The van der Waals surface area contributed by atoms with Crippen molar-refractivity contribution in [3.63, 3.8) is 0 Å². The number of hydrazone groups is 1. The number of carbonyl (C=O) groups excluding carboxylic acids is 1. The fraction of sp³-hybridized carbons (Fsp3) is 0.0909. The van der Waals surface area contributed by atoms with Crippen molar-refractivity contribution in [2.75, 3.05) is 0 Å². The van der Waals surface area contributed by atoms with E-state index in [1.165, 1.54) is 6.21 Å². The zero-order valence-electron chi connectivity index (χ0n) is 14.9. The first kappa shape index (κ1) is 18.2. The van der Waals surface area contributed by atoms with E-state index >= 15 is 0 Å². The summed E-state index contributed by atoms with van der Waals surface area (Å²) in [5.41, 5.74) is 5.12. The van der Waals surface area contributed by atoms with E-state index in [9.17, 15) is 9.90 Å². The van der Waals surface area contributed by atoms with Crippen molar-refractivity contribution in [1.29, 1.82) is 0 Å². The SMILES string of the molecule is CC(Oc1ccc(-c2ccccc2)cc1)C(=O)N/N=C/c1ccccc1O. The number of ether oxygens (including phenoxy) is 1. The Balaban J connectivity index is 1.56. The third-order valence-corrected chi connectivity index (χ3v) is 3.96. The van der Waals surface area contributed by atoms with Gasteiger partial charge in [-0.15, -0.1) is 0 Å². The maximum absolute atomic E-state index is 12.1. The predicted octanol–water partition coefficient (Wildman–Crippen LogP) is 3.98. The van der Waals surface area contributed by atoms with Crippen LogP contribution in [0, 0.1) is 0 Å². The molecule has 2 N–H and O–H groups in total. The molecule has 0 aliphatic heterocycles. The van der Waals surface area contributed by atoms with Crippen LogP contribution in [-0.2, 0) is 4.79 Å². The van der Waals surface area contributed by atoms with E-state index in [0.29, 0.717) is 11.3 Å². The molecule has 0 saturated heterocycles. The summed E-state index contributed by atoms with van der Waals surface area (Å²) in [6, 6.07) is 24.3. The molecule has 3 rings (SSSR count). The number of aromatic hydroxyl groups is 1. The number of phenolic OH excluding ortho intramolecular Hbond substituents is 1. The third-order valence-electron chi connectivity index (χ3n) is 3.96. The largest absolute Gasteiger partial charge is 0.507 e. The number of carbonyl (C=O) groups is 1. The Morgan fingerprint density at radius 3 is 2.30 bits per heavy atom. The van der Waals surface area contributed by atoms with E-state index in [-0.39, 0.29) is 11.7 Å². The van der Waals surface area contributed by atoms with Crippen molar-refractivity contribution in [2.24, 2.45) is 5.10 Å². The number of benzene rings is 3. The first-order chi connectivity index (χ1) is 13.1. The highest BCUT2D eigenvalue weighted by atomic mass is 16.5. The zero-order chi connectivity index (χ0) is 19.1. The normalized spacial score (nSPS) is 11.9. The minimum atomic E-state index is -0.714. The molecular formula is C22H20N2O3. The smallest absolute Gasteiger partial charge is 0.280 e. The minimum Gasteiger partial charge on any atom is -0.507 e. The number of amides is 1. The molecule has 5 heteroatoms. The van der Waals surface area contributed by atoms with E-state index in [4.69, 9.17) is 4.74 Å². The lowest BCUT2D eigenvalue weighted by Gasteiger charge is -2.13. The molecule has 0 heterocycles. The average molecular weight is 360 g/mol. The van der Waals surface area contributed by atoms with Gasteiger partial charge in [-0.2, -0.15) is 5.10 Å². The van der Waals surface area contributed by atoms with Crippen LogP contribution in [0.3, 0.4) is 0 Å². The lowest BCUT2D eigenvalue weighted by atomic mass is 10.1. The predicted molar refractivity (Wildman–Crippen MR) is 106 cm³/mol. The average Bonchev–Trinajstić information content (AvgIpc) is 2.70. The van der Waals surface area contributed by atoms with Gasteiger partial charge in [-0.1, -0.05) is 54.6 Å². The molecule has 0 bridgehead atoms. The van der Waals surface area contributed by atoms with Gasteiger partial charge in [0, 0.05) is 5.56 Å². The lowest BCUT2D eigenvalue weighted by molar-refractivity contribution is -0.127. The number of phenols is 1. The van der Waals surface area contributed by atoms with Gasteiger partial charge in [0.05, 0.1) is 6.21 Å². The first-order valence-electron chi connectivity index (χ1n) is 8.56. The van der Waals surface area contributed by atoms with Gasteiger partial charge in [-0.25, -0.2) is 5.43 Å². The summed E-state index contributed by atoms with van der Waals surface area (Å²) in [5, 5.41) is 13.5. The van der Waals surface area contributed by atoms with Gasteiger partial charge < -0.3 is 9.84 Å². The number of para-hydroxylation sites is 1. The highest BCUT2D eigenvalue weighted by Gasteiger charge is 2.14. The lowest BCUT2D eigenvalue weighted by Crippen LogP contribution is -2.33. The molecule has 0 spiro atoms. The Morgan fingerprint density at radius 1 is 0.963 bits per heavy atom. The molecule has 0 aromatic heterocycles. The third kappa shape index (κ3) is 4.95. The van der Waals surface area contributed by atoms with Crippen LogP contribution in [0.1, 0.15) is 12.5 Å². The van der Waals surface area contributed by atoms with Crippen LogP contribution in [0.2, 0.25) is 0 Å². The van der Waals surface area contributed by atoms with Crippen LogP contribution in [-0.4, -0.2) is 23.3 Å². The van der Waals surface area contributed by atoms with E-state index in [2.05, 4.69) is 10.5 Å². The maximum atomic E-state index is 12.1. The van der Waals surface area contributed by atoms with Crippen LogP contribution >= 0.6 is 0 Å². The molecule has 136 valence electrons. The van der Waals surface area contributed by atoms with Crippen molar-refractivity contribution in [3.05, 3.63) is 84.4 Å². The summed E-state index contributed by atoms with van der Waals surface area (Å²) in [6.07, 6.45) is 0.670. The van der Waals surface area contributed by atoms with Crippen molar-refractivity contribution >= 4 is 12.1 Å². The topological polar surface area (TPSA) is 70.9 Å². The van der Waals surface area contributed by atoms with Crippen LogP contribution in [0.15, 0.2) is 84.0 Å². The summed E-state index contributed by atoms with van der Waals surface area (Å²) >= 11 is 0. The summed E-state index contributed by atoms with van der Waals surface area (Å²) in [5.74, 6) is 0.314. The highest BCUT2D eigenvalue weighted by Crippen LogP contribution is 2.22. The summed E-state index contributed by atoms with van der Waals surface area (Å²) in [7, 11) is 0. The van der Waals surface area contributed by atoms with Crippen LogP contribution < -0.4 is 10.2 Å². The van der Waals surface area contributed by atoms with Gasteiger partial charge >= 0.3 is 0 Å². The molecule has 0 aliphatic carbocycles. The van der Waals surface area contributed by atoms with Crippen molar-refractivity contribution in [2.45, 2.75) is 13.0 Å².